The van der Waals surface area contributed by atoms with E-state index in [0.29, 0.717) is 6.42 Å². The summed E-state index contributed by atoms with van der Waals surface area (Å²) in [5, 5.41) is 21.3. The molecule has 0 radical (unpaired) electrons. The molecule has 0 unspecified atom stereocenters. The highest BCUT2D eigenvalue weighted by atomic mass is 16.3. The molecule has 0 aromatic heterocycles. The van der Waals surface area contributed by atoms with Gasteiger partial charge in [-0.05, 0) is 29.6 Å². The predicted molar refractivity (Wildman–Crippen MR) is 51.8 cm³/mol. The third kappa shape index (κ3) is 2.97. The zero-order valence-corrected chi connectivity index (χ0v) is 7.54. The van der Waals surface area contributed by atoms with Crippen molar-refractivity contribution in [2.45, 2.75) is 12.5 Å². The Balaban J connectivity index is 2.67. The van der Waals surface area contributed by atoms with E-state index in [4.69, 9.17) is 15.7 Å². The van der Waals surface area contributed by atoms with E-state index in [-0.39, 0.29) is 12.4 Å². The SMILES string of the molecule is [N-]=[N+]=N[C@H](CO)Cc1ccc(O)cc1. The van der Waals surface area contributed by atoms with E-state index in [1.165, 1.54) is 0 Å². The van der Waals surface area contributed by atoms with Gasteiger partial charge in [0.25, 0.3) is 0 Å². The molecule has 14 heavy (non-hydrogen) atoms. The quantitative estimate of drug-likeness (QED) is 0.432. The van der Waals surface area contributed by atoms with Crippen LogP contribution in [-0.2, 0) is 6.42 Å². The summed E-state index contributed by atoms with van der Waals surface area (Å²) in [7, 11) is 0. The molecule has 0 amide bonds. The van der Waals surface area contributed by atoms with Crippen molar-refractivity contribution in [1.29, 1.82) is 0 Å². The van der Waals surface area contributed by atoms with Gasteiger partial charge in [-0.25, -0.2) is 0 Å². The second-order valence-electron chi connectivity index (χ2n) is 2.91. The van der Waals surface area contributed by atoms with Gasteiger partial charge in [0.05, 0.1) is 12.6 Å². The van der Waals surface area contributed by atoms with Gasteiger partial charge < -0.3 is 10.2 Å². The van der Waals surface area contributed by atoms with Gasteiger partial charge in [-0.3, -0.25) is 0 Å². The highest BCUT2D eigenvalue weighted by Crippen LogP contribution is 2.12. The van der Waals surface area contributed by atoms with Crippen LogP contribution >= 0.6 is 0 Å². The largest absolute Gasteiger partial charge is 0.508 e. The standard InChI is InChI=1S/C9H11N3O2/c10-12-11-8(6-13)5-7-1-3-9(14)4-2-7/h1-4,8,13-14H,5-6H2/t8-/m0/s1. The van der Waals surface area contributed by atoms with Crippen LogP contribution in [0.4, 0.5) is 0 Å². The van der Waals surface area contributed by atoms with Crippen LogP contribution in [0.15, 0.2) is 29.4 Å². The minimum Gasteiger partial charge on any atom is -0.508 e. The molecule has 5 nitrogen and oxygen atoms in total. The first kappa shape index (κ1) is 10.4. The van der Waals surface area contributed by atoms with Gasteiger partial charge in [0, 0.05) is 4.91 Å². The first-order valence-corrected chi connectivity index (χ1v) is 4.19. The number of benzene rings is 1. The summed E-state index contributed by atoms with van der Waals surface area (Å²) in [6, 6.07) is 6.12. The van der Waals surface area contributed by atoms with Crippen molar-refractivity contribution in [3.8, 4) is 5.75 Å². The second kappa shape index (κ2) is 5.11. The van der Waals surface area contributed by atoms with Crippen molar-refractivity contribution < 1.29 is 10.2 Å². The van der Waals surface area contributed by atoms with Crippen LogP contribution in [0.5, 0.6) is 5.75 Å². The van der Waals surface area contributed by atoms with Crippen LogP contribution in [0.3, 0.4) is 0 Å². The molecule has 0 saturated carbocycles. The lowest BCUT2D eigenvalue weighted by molar-refractivity contribution is 0.265. The Hall–Kier alpha value is -1.71. The van der Waals surface area contributed by atoms with Gasteiger partial charge in [0.1, 0.15) is 5.75 Å². The van der Waals surface area contributed by atoms with Crippen LogP contribution in [0.1, 0.15) is 5.56 Å². The van der Waals surface area contributed by atoms with Crippen LogP contribution in [-0.4, -0.2) is 22.9 Å². The van der Waals surface area contributed by atoms with Gasteiger partial charge in [0.15, 0.2) is 0 Å². The van der Waals surface area contributed by atoms with E-state index in [1.54, 1.807) is 24.3 Å². The third-order valence-corrected chi connectivity index (χ3v) is 1.83. The van der Waals surface area contributed by atoms with Crippen LogP contribution in [0, 0.1) is 0 Å². The van der Waals surface area contributed by atoms with Crippen molar-refractivity contribution >= 4 is 0 Å². The van der Waals surface area contributed by atoms with Crippen LogP contribution in [0.25, 0.3) is 10.4 Å². The lowest BCUT2D eigenvalue weighted by Crippen LogP contribution is -2.12. The van der Waals surface area contributed by atoms with E-state index < -0.39 is 6.04 Å². The zero-order chi connectivity index (χ0) is 10.4. The smallest absolute Gasteiger partial charge is 0.115 e. The highest BCUT2D eigenvalue weighted by molar-refractivity contribution is 5.26. The fourth-order valence-electron chi connectivity index (χ4n) is 1.12. The molecule has 5 heteroatoms. The fraction of sp³-hybridized carbons (Fsp3) is 0.333. The van der Waals surface area contributed by atoms with Crippen molar-refractivity contribution in [2.24, 2.45) is 5.11 Å². The number of azide groups is 1. The summed E-state index contributed by atoms with van der Waals surface area (Å²) in [5.74, 6) is 0.193. The normalized spacial score (nSPS) is 11.8. The monoisotopic (exact) mass is 193 g/mol. The van der Waals surface area contributed by atoms with Crippen molar-refractivity contribution in [3.63, 3.8) is 0 Å². The maximum absolute atomic E-state index is 9.02. The number of aromatic hydroxyl groups is 1. The minimum absolute atomic E-state index is 0.176. The number of hydrogen-bond donors (Lipinski definition) is 2. The van der Waals surface area contributed by atoms with Crippen molar-refractivity contribution in [3.05, 3.63) is 40.3 Å². The summed E-state index contributed by atoms with van der Waals surface area (Å²) in [6.07, 6.45) is 0.473. The first-order valence-electron chi connectivity index (χ1n) is 4.19. The molecule has 0 fully saturated rings. The van der Waals surface area contributed by atoms with Gasteiger partial charge in [-0.1, -0.05) is 17.2 Å². The molecule has 1 atom stereocenters. The molecular formula is C9H11N3O2. The Kier molecular flexibility index (Phi) is 3.79. The van der Waals surface area contributed by atoms with E-state index in [1.807, 2.05) is 0 Å². The number of phenols is 1. The predicted octanol–water partition coefficient (Wildman–Crippen LogP) is 1.61. The third-order valence-electron chi connectivity index (χ3n) is 1.83. The number of nitrogens with zero attached hydrogens (tertiary/aromatic N) is 3. The maximum atomic E-state index is 9.02. The average molecular weight is 193 g/mol. The Morgan fingerprint density at radius 2 is 2.00 bits per heavy atom. The summed E-state index contributed by atoms with van der Waals surface area (Å²) in [4.78, 5) is 2.64. The lowest BCUT2D eigenvalue weighted by Gasteiger charge is -2.06. The summed E-state index contributed by atoms with van der Waals surface area (Å²) >= 11 is 0. The van der Waals surface area contributed by atoms with Gasteiger partial charge in [-0.2, -0.15) is 0 Å². The van der Waals surface area contributed by atoms with Gasteiger partial charge in [0.2, 0.25) is 0 Å². The number of aliphatic hydroxyl groups excluding tert-OH is 1. The Labute approximate surface area is 81.2 Å². The molecule has 0 saturated heterocycles. The molecule has 2 N–H and O–H groups in total. The van der Waals surface area contributed by atoms with Crippen molar-refractivity contribution in [2.75, 3.05) is 6.61 Å². The molecule has 0 aliphatic heterocycles. The molecule has 0 spiro atoms. The van der Waals surface area contributed by atoms with E-state index in [9.17, 15) is 0 Å². The van der Waals surface area contributed by atoms with Crippen LogP contribution in [0.2, 0.25) is 0 Å². The Morgan fingerprint density at radius 1 is 1.36 bits per heavy atom. The van der Waals surface area contributed by atoms with E-state index in [0.717, 1.165) is 5.56 Å². The molecule has 1 aromatic rings. The highest BCUT2D eigenvalue weighted by Gasteiger charge is 2.05. The van der Waals surface area contributed by atoms with Gasteiger partial charge >= 0.3 is 0 Å². The molecule has 0 aliphatic carbocycles. The average Bonchev–Trinajstić information content (AvgIpc) is 2.20. The molecule has 0 heterocycles. The summed E-state index contributed by atoms with van der Waals surface area (Å²) in [5.41, 5.74) is 9.11. The second-order valence-corrected chi connectivity index (χ2v) is 2.91. The molecule has 1 aromatic carbocycles. The minimum atomic E-state index is -0.440. The Morgan fingerprint density at radius 3 is 2.50 bits per heavy atom. The van der Waals surface area contributed by atoms with Crippen molar-refractivity contribution in [1.82, 2.24) is 0 Å². The molecule has 1 rings (SSSR count). The summed E-state index contributed by atoms with van der Waals surface area (Å²) in [6.45, 7) is -0.176. The number of phenolic OH excluding ortho intramolecular Hbond substituents is 1. The van der Waals surface area contributed by atoms with E-state index in [2.05, 4.69) is 10.0 Å². The molecular weight excluding hydrogens is 182 g/mol. The lowest BCUT2D eigenvalue weighted by atomic mass is 10.1. The maximum Gasteiger partial charge on any atom is 0.115 e. The van der Waals surface area contributed by atoms with Crippen LogP contribution < -0.4 is 0 Å². The molecule has 0 bridgehead atoms. The number of hydrogen-bond acceptors (Lipinski definition) is 3. The molecule has 74 valence electrons. The number of rotatable bonds is 4. The fourth-order valence-corrected chi connectivity index (χ4v) is 1.12. The summed E-state index contributed by atoms with van der Waals surface area (Å²) < 4.78 is 0. The van der Waals surface area contributed by atoms with Gasteiger partial charge in [-0.15, -0.1) is 0 Å². The first-order chi connectivity index (χ1) is 6.76. The zero-order valence-electron chi connectivity index (χ0n) is 7.54. The molecule has 0 aliphatic rings. The number of aliphatic hydroxyl groups is 1. The van der Waals surface area contributed by atoms with E-state index >= 15 is 0 Å². The topological polar surface area (TPSA) is 89.2 Å². The Bertz CT molecular complexity index is 330.